The molecule has 8 heteroatoms. The minimum absolute atomic E-state index is 0.0781. The maximum atomic E-state index is 13.7. The van der Waals surface area contributed by atoms with Gasteiger partial charge in [-0.25, -0.2) is 14.2 Å². The first-order chi connectivity index (χ1) is 12.2. The molecule has 0 saturated heterocycles. The van der Waals surface area contributed by atoms with E-state index in [0.717, 1.165) is 12.1 Å². The fraction of sp³-hybridized carbons (Fsp3) is 0.278. The highest BCUT2D eigenvalue weighted by molar-refractivity contribution is 6.31. The first kappa shape index (κ1) is 19.7. The van der Waals surface area contributed by atoms with Gasteiger partial charge >= 0.3 is 5.97 Å². The molecule has 2 aromatic rings. The first-order valence-corrected chi connectivity index (χ1v) is 8.39. The summed E-state index contributed by atoms with van der Waals surface area (Å²) < 4.78 is 13.7. The zero-order chi connectivity index (χ0) is 19.4. The largest absolute Gasteiger partial charge is 0.478 e. The molecule has 0 aliphatic heterocycles. The minimum atomic E-state index is -1.38. The standard InChI is InChI=1S/C18H19ClFN3O3/c1-4-23(10(2)3)16-8-11(19)7-15(22-16)17(24)21-12-5-6-13(18(25)26)14(20)9-12/h5-10H,4H2,1-3H3,(H,21,24)(H,25,26). The number of anilines is 2. The summed E-state index contributed by atoms with van der Waals surface area (Å²) >= 11 is 6.11. The van der Waals surface area contributed by atoms with Gasteiger partial charge < -0.3 is 15.3 Å². The SMILES string of the molecule is CCN(c1cc(Cl)cc(C(=O)Nc2ccc(C(=O)O)c(F)c2)n1)C(C)C. The predicted octanol–water partition coefficient (Wildman–Crippen LogP) is 4.06. The average Bonchev–Trinajstić information content (AvgIpc) is 2.54. The van der Waals surface area contributed by atoms with E-state index in [9.17, 15) is 14.0 Å². The number of nitrogens with one attached hydrogen (secondary N) is 1. The van der Waals surface area contributed by atoms with E-state index in [2.05, 4.69) is 10.3 Å². The van der Waals surface area contributed by atoms with Crippen molar-refractivity contribution in [1.29, 1.82) is 0 Å². The maximum absolute atomic E-state index is 13.7. The third-order valence-electron chi connectivity index (χ3n) is 3.72. The van der Waals surface area contributed by atoms with E-state index in [0.29, 0.717) is 17.4 Å². The molecule has 0 atom stereocenters. The summed E-state index contributed by atoms with van der Waals surface area (Å²) in [5.74, 6) is -2.33. The van der Waals surface area contributed by atoms with E-state index < -0.39 is 23.3 Å². The van der Waals surface area contributed by atoms with E-state index >= 15 is 0 Å². The van der Waals surface area contributed by atoms with Crippen LogP contribution in [0.5, 0.6) is 0 Å². The number of carbonyl (C=O) groups is 2. The molecule has 0 fully saturated rings. The van der Waals surface area contributed by atoms with Crippen molar-refractivity contribution in [2.75, 3.05) is 16.8 Å². The molecule has 1 aromatic carbocycles. The van der Waals surface area contributed by atoms with Crippen LogP contribution in [0.4, 0.5) is 15.9 Å². The number of halogens is 2. The molecule has 1 aromatic heterocycles. The molecule has 0 unspecified atom stereocenters. The number of carboxylic acids is 1. The van der Waals surface area contributed by atoms with Crippen molar-refractivity contribution in [3.05, 3.63) is 52.4 Å². The highest BCUT2D eigenvalue weighted by atomic mass is 35.5. The Morgan fingerprint density at radius 1 is 1.31 bits per heavy atom. The molecular weight excluding hydrogens is 361 g/mol. The van der Waals surface area contributed by atoms with Crippen LogP contribution in [-0.4, -0.2) is 34.6 Å². The Balaban J connectivity index is 2.28. The number of aromatic carboxylic acids is 1. The highest BCUT2D eigenvalue weighted by Crippen LogP contribution is 2.22. The topological polar surface area (TPSA) is 82.5 Å². The molecule has 26 heavy (non-hydrogen) atoms. The molecule has 0 saturated carbocycles. The number of nitrogens with zero attached hydrogens (tertiary/aromatic N) is 2. The van der Waals surface area contributed by atoms with Gasteiger partial charge in [-0.1, -0.05) is 11.6 Å². The second kappa shape index (κ2) is 8.14. The van der Waals surface area contributed by atoms with Crippen LogP contribution in [0.1, 0.15) is 41.6 Å². The lowest BCUT2D eigenvalue weighted by Crippen LogP contribution is -2.31. The van der Waals surface area contributed by atoms with Crippen molar-refractivity contribution in [3.63, 3.8) is 0 Å². The second-order valence-electron chi connectivity index (χ2n) is 5.86. The summed E-state index contributed by atoms with van der Waals surface area (Å²) in [5.41, 5.74) is -0.270. The normalized spacial score (nSPS) is 10.7. The van der Waals surface area contributed by atoms with E-state index in [1.807, 2.05) is 25.7 Å². The fourth-order valence-electron chi connectivity index (χ4n) is 2.50. The first-order valence-electron chi connectivity index (χ1n) is 8.01. The summed E-state index contributed by atoms with van der Waals surface area (Å²) in [6, 6.07) is 6.59. The lowest BCUT2D eigenvalue weighted by atomic mass is 10.2. The molecule has 0 radical (unpaired) electrons. The average molecular weight is 380 g/mol. The third kappa shape index (κ3) is 4.49. The third-order valence-corrected chi connectivity index (χ3v) is 3.94. The van der Waals surface area contributed by atoms with Gasteiger partial charge in [-0.3, -0.25) is 4.79 Å². The fourth-order valence-corrected chi connectivity index (χ4v) is 2.70. The van der Waals surface area contributed by atoms with Gasteiger partial charge in [0.2, 0.25) is 0 Å². The van der Waals surface area contributed by atoms with E-state index in [1.165, 1.54) is 12.1 Å². The van der Waals surface area contributed by atoms with E-state index in [4.69, 9.17) is 16.7 Å². The lowest BCUT2D eigenvalue weighted by molar-refractivity contribution is 0.0692. The highest BCUT2D eigenvalue weighted by Gasteiger charge is 2.17. The van der Waals surface area contributed by atoms with Gasteiger partial charge in [0, 0.05) is 23.3 Å². The van der Waals surface area contributed by atoms with Crippen molar-refractivity contribution >= 4 is 35.0 Å². The van der Waals surface area contributed by atoms with Gasteiger partial charge in [-0.15, -0.1) is 0 Å². The number of hydrogen-bond acceptors (Lipinski definition) is 4. The number of aromatic nitrogens is 1. The molecule has 1 amide bonds. The summed E-state index contributed by atoms with van der Waals surface area (Å²) in [5, 5.41) is 11.7. The zero-order valence-corrected chi connectivity index (χ0v) is 15.3. The van der Waals surface area contributed by atoms with E-state index in [-0.39, 0.29) is 17.4 Å². The van der Waals surface area contributed by atoms with Gasteiger partial charge in [-0.05, 0) is 51.1 Å². The van der Waals surface area contributed by atoms with Gasteiger partial charge in [0.1, 0.15) is 17.3 Å². The lowest BCUT2D eigenvalue weighted by Gasteiger charge is -2.26. The van der Waals surface area contributed by atoms with Crippen molar-refractivity contribution in [2.45, 2.75) is 26.8 Å². The van der Waals surface area contributed by atoms with Crippen LogP contribution in [-0.2, 0) is 0 Å². The molecule has 0 spiro atoms. The van der Waals surface area contributed by atoms with Crippen LogP contribution in [0.25, 0.3) is 0 Å². The Bertz CT molecular complexity index is 842. The summed E-state index contributed by atoms with van der Waals surface area (Å²) in [4.78, 5) is 29.6. The van der Waals surface area contributed by atoms with Crippen LogP contribution in [0.3, 0.4) is 0 Å². The number of pyridine rings is 1. The van der Waals surface area contributed by atoms with Crippen LogP contribution < -0.4 is 10.2 Å². The van der Waals surface area contributed by atoms with Crippen molar-refractivity contribution in [1.82, 2.24) is 4.98 Å². The van der Waals surface area contributed by atoms with Crippen LogP contribution in [0.15, 0.2) is 30.3 Å². The van der Waals surface area contributed by atoms with Crippen LogP contribution in [0, 0.1) is 5.82 Å². The van der Waals surface area contributed by atoms with Crippen molar-refractivity contribution in [2.24, 2.45) is 0 Å². The van der Waals surface area contributed by atoms with Gasteiger partial charge in [0.15, 0.2) is 0 Å². The van der Waals surface area contributed by atoms with E-state index in [1.54, 1.807) is 6.07 Å². The number of carboxylic acid groups (broad SMARTS) is 1. The quantitative estimate of drug-likeness (QED) is 0.790. The van der Waals surface area contributed by atoms with Crippen molar-refractivity contribution < 1.29 is 19.1 Å². The molecule has 2 N–H and O–H groups in total. The molecular formula is C18H19ClFN3O3. The minimum Gasteiger partial charge on any atom is -0.478 e. The zero-order valence-electron chi connectivity index (χ0n) is 14.6. The molecule has 0 aliphatic carbocycles. The number of carbonyl (C=O) groups excluding carboxylic acids is 1. The summed E-state index contributed by atoms with van der Waals surface area (Å²) in [6.07, 6.45) is 0. The number of benzene rings is 1. The molecule has 138 valence electrons. The Kier molecular flexibility index (Phi) is 6.15. The van der Waals surface area contributed by atoms with Crippen LogP contribution >= 0.6 is 11.6 Å². The van der Waals surface area contributed by atoms with Crippen LogP contribution in [0.2, 0.25) is 5.02 Å². The number of hydrogen-bond donors (Lipinski definition) is 2. The number of rotatable bonds is 6. The summed E-state index contributed by atoms with van der Waals surface area (Å²) in [7, 11) is 0. The Morgan fingerprint density at radius 3 is 2.54 bits per heavy atom. The smallest absolute Gasteiger partial charge is 0.338 e. The van der Waals surface area contributed by atoms with Gasteiger partial charge in [-0.2, -0.15) is 0 Å². The molecule has 2 rings (SSSR count). The molecule has 0 bridgehead atoms. The molecule has 1 heterocycles. The summed E-state index contributed by atoms with van der Waals surface area (Å²) in [6.45, 7) is 6.65. The van der Waals surface area contributed by atoms with Gasteiger partial charge in [0.05, 0.1) is 5.56 Å². The predicted molar refractivity (Wildman–Crippen MR) is 98.7 cm³/mol. The van der Waals surface area contributed by atoms with Gasteiger partial charge in [0.25, 0.3) is 5.91 Å². The Labute approximate surface area is 155 Å². The Hall–Kier alpha value is -2.67. The second-order valence-corrected chi connectivity index (χ2v) is 6.30. The maximum Gasteiger partial charge on any atom is 0.338 e. The Morgan fingerprint density at radius 2 is 2.00 bits per heavy atom. The number of amides is 1. The monoisotopic (exact) mass is 379 g/mol. The molecule has 0 aliphatic rings. The van der Waals surface area contributed by atoms with Crippen molar-refractivity contribution in [3.8, 4) is 0 Å². The molecule has 6 nitrogen and oxygen atoms in total.